The maximum absolute atomic E-state index is 13.4. The third-order valence-electron chi connectivity index (χ3n) is 5.27. The molecule has 162 valence electrons. The lowest BCUT2D eigenvalue weighted by Crippen LogP contribution is -2.40. The normalized spacial score (nSPS) is 11.2. The Balaban J connectivity index is 1.97. The number of rotatable bonds is 7. The lowest BCUT2D eigenvalue weighted by atomic mass is 10.1. The van der Waals surface area contributed by atoms with Gasteiger partial charge < -0.3 is 4.74 Å². The first-order chi connectivity index (χ1) is 14.7. The summed E-state index contributed by atoms with van der Waals surface area (Å²) in [7, 11) is -4.11. The van der Waals surface area contributed by atoms with Gasteiger partial charge in [-0.25, -0.2) is 8.42 Å². The molecule has 0 radical (unpaired) electrons. The van der Waals surface area contributed by atoms with Gasteiger partial charge in [-0.2, -0.15) is 4.31 Å². The SMILES string of the molecule is CCc1ccc(N(C(=O)COc2cccc(C)c2C)S(=O)(=O)c2ccc(C)cc2)cc1. The summed E-state index contributed by atoms with van der Waals surface area (Å²) in [6.07, 6.45) is 0.814. The molecule has 0 heterocycles. The Bertz CT molecular complexity index is 1170. The van der Waals surface area contributed by atoms with Gasteiger partial charge in [-0.15, -0.1) is 0 Å². The van der Waals surface area contributed by atoms with Gasteiger partial charge in [0.05, 0.1) is 10.6 Å². The van der Waals surface area contributed by atoms with Crippen LogP contribution in [0, 0.1) is 20.8 Å². The maximum Gasteiger partial charge on any atom is 0.278 e. The van der Waals surface area contributed by atoms with Crippen LogP contribution < -0.4 is 9.04 Å². The number of benzene rings is 3. The van der Waals surface area contributed by atoms with Crippen LogP contribution in [0.25, 0.3) is 0 Å². The molecule has 0 aromatic heterocycles. The third-order valence-corrected chi connectivity index (χ3v) is 7.03. The number of aryl methyl sites for hydroxylation is 3. The lowest BCUT2D eigenvalue weighted by Gasteiger charge is -2.23. The highest BCUT2D eigenvalue weighted by molar-refractivity contribution is 7.93. The molecule has 0 aliphatic rings. The molecule has 3 aromatic carbocycles. The number of anilines is 1. The minimum Gasteiger partial charge on any atom is -0.483 e. The third kappa shape index (κ3) is 4.97. The Morgan fingerprint density at radius 1 is 0.903 bits per heavy atom. The molecular formula is C25H27NO4S. The summed E-state index contributed by atoms with van der Waals surface area (Å²) in [6, 6.07) is 19.0. The van der Waals surface area contributed by atoms with Crippen LogP contribution in [-0.4, -0.2) is 20.9 Å². The zero-order chi connectivity index (χ0) is 22.6. The average molecular weight is 438 g/mol. The number of nitrogens with zero attached hydrogens (tertiary/aromatic N) is 1. The van der Waals surface area contributed by atoms with Crippen molar-refractivity contribution in [3.63, 3.8) is 0 Å². The van der Waals surface area contributed by atoms with Gasteiger partial charge in [0, 0.05) is 0 Å². The van der Waals surface area contributed by atoms with E-state index in [2.05, 4.69) is 0 Å². The van der Waals surface area contributed by atoms with Crippen LogP contribution in [0.2, 0.25) is 0 Å². The molecule has 0 aliphatic carbocycles. The molecule has 0 spiro atoms. The second-order valence-electron chi connectivity index (χ2n) is 7.48. The fourth-order valence-electron chi connectivity index (χ4n) is 3.18. The van der Waals surface area contributed by atoms with E-state index in [4.69, 9.17) is 4.74 Å². The van der Waals surface area contributed by atoms with Crippen LogP contribution in [0.3, 0.4) is 0 Å². The van der Waals surface area contributed by atoms with E-state index in [9.17, 15) is 13.2 Å². The van der Waals surface area contributed by atoms with Crippen molar-refractivity contribution in [3.8, 4) is 5.75 Å². The topological polar surface area (TPSA) is 63.7 Å². The standard InChI is InChI=1S/C25H27NO4S/c1-5-21-11-13-22(14-12-21)26(31(28,29)23-15-9-18(2)10-16-23)25(27)17-30-24-8-6-7-19(3)20(24)4/h6-16H,5,17H2,1-4H3. The zero-order valence-electron chi connectivity index (χ0n) is 18.3. The molecule has 6 heteroatoms. The van der Waals surface area contributed by atoms with Gasteiger partial charge in [0.1, 0.15) is 5.75 Å². The van der Waals surface area contributed by atoms with E-state index in [1.54, 1.807) is 30.3 Å². The van der Waals surface area contributed by atoms with Gasteiger partial charge >= 0.3 is 0 Å². The quantitative estimate of drug-likeness (QED) is 0.523. The lowest BCUT2D eigenvalue weighted by molar-refractivity contribution is -0.119. The molecule has 5 nitrogen and oxygen atoms in total. The first-order valence-corrected chi connectivity index (χ1v) is 11.6. The number of amides is 1. The zero-order valence-corrected chi connectivity index (χ0v) is 19.1. The number of hydrogen-bond acceptors (Lipinski definition) is 4. The van der Waals surface area contributed by atoms with Crippen LogP contribution in [0.4, 0.5) is 5.69 Å². The first-order valence-electron chi connectivity index (χ1n) is 10.2. The molecule has 1 amide bonds. The summed E-state index contributed by atoms with van der Waals surface area (Å²) in [6.45, 7) is 7.34. The van der Waals surface area contributed by atoms with E-state index < -0.39 is 22.5 Å². The molecular weight excluding hydrogens is 410 g/mol. The summed E-state index contributed by atoms with van der Waals surface area (Å²) in [5.41, 5.74) is 4.21. The molecule has 31 heavy (non-hydrogen) atoms. The van der Waals surface area contributed by atoms with Crippen LogP contribution in [0.1, 0.15) is 29.2 Å². The van der Waals surface area contributed by atoms with Crippen molar-refractivity contribution in [2.24, 2.45) is 0 Å². The Morgan fingerprint density at radius 3 is 2.16 bits per heavy atom. The van der Waals surface area contributed by atoms with E-state index in [1.807, 2.05) is 52.0 Å². The van der Waals surface area contributed by atoms with Gasteiger partial charge in [0.25, 0.3) is 15.9 Å². The Hall–Kier alpha value is -3.12. The van der Waals surface area contributed by atoms with Crippen molar-refractivity contribution >= 4 is 21.6 Å². The summed E-state index contributed by atoms with van der Waals surface area (Å²) >= 11 is 0. The van der Waals surface area contributed by atoms with Crippen molar-refractivity contribution in [1.29, 1.82) is 0 Å². The fraction of sp³-hybridized carbons (Fsp3) is 0.240. The van der Waals surface area contributed by atoms with Crippen molar-refractivity contribution in [3.05, 3.63) is 89.0 Å². The molecule has 0 unspecified atom stereocenters. The van der Waals surface area contributed by atoms with Crippen LogP contribution in [0.15, 0.2) is 71.6 Å². The summed E-state index contributed by atoms with van der Waals surface area (Å²) in [5, 5.41) is 0. The highest BCUT2D eigenvalue weighted by Gasteiger charge is 2.31. The maximum atomic E-state index is 13.4. The highest BCUT2D eigenvalue weighted by atomic mass is 32.2. The Morgan fingerprint density at radius 2 is 1.55 bits per heavy atom. The van der Waals surface area contributed by atoms with Gasteiger partial charge in [-0.1, -0.05) is 48.9 Å². The molecule has 3 rings (SSSR count). The minimum absolute atomic E-state index is 0.0535. The molecule has 0 fully saturated rings. The molecule has 0 bridgehead atoms. The predicted octanol–water partition coefficient (Wildman–Crippen LogP) is 4.98. The molecule has 0 atom stereocenters. The predicted molar refractivity (Wildman–Crippen MR) is 123 cm³/mol. The molecule has 0 aliphatic heterocycles. The van der Waals surface area contributed by atoms with E-state index in [1.165, 1.54) is 12.1 Å². The summed E-state index contributed by atoms with van der Waals surface area (Å²) in [4.78, 5) is 13.2. The second-order valence-corrected chi connectivity index (χ2v) is 9.27. The van der Waals surface area contributed by atoms with Crippen LogP contribution >= 0.6 is 0 Å². The number of carbonyl (C=O) groups excluding carboxylic acids is 1. The van der Waals surface area contributed by atoms with Crippen LogP contribution in [0.5, 0.6) is 5.75 Å². The Kier molecular flexibility index (Phi) is 6.81. The molecule has 0 saturated carbocycles. The van der Waals surface area contributed by atoms with Gasteiger partial charge in [0.15, 0.2) is 6.61 Å². The minimum atomic E-state index is -4.11. The van der Waals surface area contributed by atoms with Crippen LogP contribution in [-0.2, 0) is 21.2 Å². The van der Waals surface area contributed by atoms with E-state index in [-0.39, 0.29) is 10.6 Å². The Labute approximate surface area is 184 Å². The summed E-state index contributed by atoms with van der Waals surface area (Å²) in [5.74, 6) is -0.104. The molecule has 3 aromatic rings. The monoisotopic (exact) mass is 437 g/mol. The van der Waals surface area contributed by atoms with Gasteiger partial charge in [0.2, 0.25) is 0 Å². The average Bonchev–Trinajstić information content (AvgIpc) is 2.75. The van der Waals surface area contributed by atoms with Crippen molar-refractivity contribution < 1.29 is 17.9 Å². The fourth-order valence-corrected chi connectivity index (χ4v) is 4.59. The van der Waals surface area contributed by atoms with E-state index in [0.29, 0.717) is 5.75 Å². The van der Waals surface area contributed by atoms with Crippen molar-refractivity contribution in [2.75, 3.05) is 10.9 Å². The van der Waals surface area contributed by atoms with E-state index in [0.717, 1.165) is 33.0 Å². The molecule has 0 saturated heterocycles. The number of sulfonamides is 1. The number of ether oxygens (including phenoxy) is 1. The molecule has 0 N–H and O–H groups in total. The number of carbonyl (C=O) groups is 1. The highest BCUT2D eigenvalue weighted by Crippen LogP contribution is 2.26. The first kappa shape index (κ1) is 22.6. The smallest absolute Gasteiger partial charge is 0.278 e. The van der Waals surface area contributed by atoms with Crippen molar-refractivity contribution in [1.82, 2.24) is 0 Å². The van der Waals surface area contributed by atoms with Crippen molar-refractivity contribution in [2.45, 2.75) is 39.0 Å². The second kappa shape index (κ2) is 9.35. The van der Waals surface area contributed by atoms with Gasteiger partial charge in [-0.05, 0) is 74.2 Å². The largest absolute Gasteiger partial charge is 0.483 e. The summed E-state index contributed by atoms with van der Waals surface area (Å²) < 4.78 is 33.4. The number of hydrogen-bond donors (Lipinski definition) is 0. The van der Waals surface area contributed by atoms with Gasteiger partial charge in [-0.3, -0.25) is 4.79 Å². The van der Waals surface area contributed by atoms with E-state index >= 15 is 0 Å².